The highest BCUT2D eigenvalue weighted by molar-refractivity contribution is 7.87. The Morgan fingerprint density at radius 3 is 1.88 bits per heavy atom. The van der Waals surface area contributed by atoms with E-state index in [-0.39, 0.29) is 43.1 Å². The van der Waals surface area contributed by atoms with Crippen molar-refractivity contribution in [3.05, 3.63) is 80.1 Å². The molecule has 0 bridgehead atoms. The van der Waals surface area contributed by atoms with E-state index in [0.717, 1.165) is 17.0 Å². The minimum absolute atomic E-state index is 0.0161. The second kappa shape index (κ2) is 10.3. The summed E-state index contributed by atoms with van der Waals surface area (Å²) in [6.45, 7) is 12.7. The Bertz CT molecular complexity index is 1580. The first kappa shape index (κ1) is 29.9. The van der Waals surface area contributed by atoms with Crippen molar-refractivity contribution in [2.45, 2.75) is 78.0 Å². The fraction of sp³-hybridized carbons (Fsp3) is 0.438. The summed E-state index contributed by atoms with van der Waals surface area (Å²) in [6, 6.07) is 9.29. The van der Waals surface area contributed by atoms with Gasteiger partial charge in [-0.15, -0.1) is 0 Å². The number of hydrogen-bond donors (Lipinski definition) is 0. The van der Waals surface area contributed by atoms with Crippen molar-refractivity contribution in [1.29, 1.82) is 0 Å². The van der Waals surface area contributed by atoms with E-state index in [1.807, 2.05) is 13.8 Å². The first-order valence-corrected chi connectivity index (χ1v) is 16.0. The summed E-state index contributed by atoms with van der Waals surface area (Å²) in [7, 11) is -4.30. The van der Waals surface area contributed by atoms with Gasteiger partial charge in [0.2, 0.25) is 0 Å². The highest BCUT2D eigenvalue weighted by atomic mass is 35.5. The first-order valence-electron chi connectivity index (χ1n) is 13.8. The molecule has 0 amide bonds. The molecule has 0 aromatic heterocycles. The smallest absolute Gasteiger partial charge is 0.339 e. The molecular weight excluding hydrogens is 581 g/mol. The van der Waals surface area contributed by atoms with Crippen LogP contribution >= 0.6 is 23.2 Å². The monoisotopic (exact) mass is 615 g/mol. The van der Waals surface area contributed by atoms with E-state index < -0.39 is 16.0 Å². The fourth-order valence-electron chi connectivity index (χ4n) is 6.49. The number of hydrogen-bond acceptors (Lipinski definition) is 6. The van der Waals surface area contributed by atoms with Crippen LogP contribution in [0.2, 0.25) is 10.0 Å². The number of nitrogens with zero attached hydrogens (tertiary/aromatic N) is 1. The highest BCUT2D eigenvalue weighted by Crippen LogP contribution is 2.56. The maximum atomic E-state index is 14.0. The molecule has 3 aliphatic rings. The molecule has 1 heterocycles. The quantitative estimate of drug-likeness (QED) is 0.319. The number of halogens is 2. The van der Waals surface area contributed by atoms with Crippen molar-refractivity contribution in [3.63, 3.8) is 0 Å². The third kappa shape index (κ3) is 5.49. The van der Waals surface area contributed by atoms with Gasteiger partial charge in [-0.05, 0) is 61.8 Å². The number of carbonyl (C=O) groups excluding carboxylic acids is 2. The molecule has 41 heavy (non-hydrogen) atoms. The van der Waals surface area contributed by atoms with Gasteiger partial charge in [-0.25, -0.2) is 0 Å². The summed E-state index contributed by atoms with van der Waals surface area (Å²) >= 11 is 13.2. The van der Waals surface area contributed by atoms with E-state index in [2.05, 4.69) is 32.6 Å². The SMILES string of the molecule is CCN1C2=C(C(=O)CC(C)(C)C2)C(c2cc(Cl)cc(Cl)c2OS(=O)(=O)c2ccc(C)cc2)C2=C1CC(C)(C)CC2=O. The van der Waals surface area contributed by atoms with Crippen LogP contribution in [0.3, 0.4) is 0 Å². The van der Waals surface area contributed by atoms with Crippen molar-refractivity contribution < 1.29 is 22.2 Å². The summed E-state index contributed by atoms with van der Waals surface area (Å²) in [5.74, 6) is -1.13. The lowest BCUT2D eigenvalue weighted by Gasteiger charge is -2.49. The van der Waals surface area contributed by atoms with Crippen LogP contribution in [-0.4, -0.2) is 31.4 Å². The molecule has 1 aliphatic heterocycles. The summed E-state index contributed by atoms with van der Waals surface area (Å²) < 4.78 is 32.7. The predicted molar refractivity (Wildman–Crippen MR) is 161 cm³/mol. The first-order chi connectivity index (χ1) is 19.0. The normalized spacial score (nSPS) is 20.7. The molecule has 2 aromatic carbocycles. The Morgan fingerprint density at radius 2 is 1.39 bits per heavy atom. The van der Waals surface area contributed by atoms with Crippen LogP contribution < -0.4 is 4.18 Å². The second-order valence-electron chi connectivity index (χ2n) is 12.9. The van der Waals surface area contributed by atoms with E-state index in [1.54, 1.807) is 18.2 Å². The van der Waals surface area contributed by atoms with E-state index in [4.69, 9.17) is 27.4 Å². The van der Waals surface area contributed by atoms with Crippen LogP contribution in [0.25, 0.3) is 0 Å². The lowest BCUT2D eigenvalue weighted by atomic mass is 9.63. The van der Waals surface area contributed by atoms with Crippen molar-refractivity contribution in [3.8, 4) is 5.75 Å². The van der Waals surface area contributed by atoms with Crippen molar-refractivity contribution in [2.75, 3.05) is 6.54 Å². The summed E-state index contributed by atoms with van der Waals surface area (Å²) in [4.78, 5) is 30.0. The van der Waals surface area contributed by atoms with Crippen LogP contribution in [0.5, 0.6) is 5.75 Å². The number of rotatable bonds is 5. The molecule has 0 unspecified atom stereocenters. The van der Waals surface area contributed by atoms with E-state index in [1.165, 1.54) is 18.2 Å². The second-order valence-corrected chi connectivity index (χ2v) is 15.3. The van der Waals surface area contributed by atoms with E-state index in [0.29, 0.717) is 48.9 Å². The number of aryl methyl sites for hydroxylation is 1. The van der Waals surface area contributed by atoms with Gasteiger partial charge in [0.1, 0.15) is 4.90 Å². The van der Waals surface area contributed by atoms with Gasteiger partial charge in [-0.1, -0.05) is 68.6 Å². The van der Waals surface area contributed by atoms with Crippen molar-refractivity contribution in [1.82, 2.24) is 4.90 Å². The molecular formula is C32H35Cl2NO5S. The van der Waals surface area contributed by atoms with Gasteiger partial charge < -0.3 is 9.08 Å². The molecule has 2 aliphatic carbocycles. The number of carbonyl (C=O) groups is 2. The Morgan fingerprint density at radius 1 is 0.878 bits per heavy atom. The Hall–Kier alpha value is -2.61. The van der Waals surface area contributed by atoms with Gasteiger partial charge in [-0.2, -0.15) is 8.42 Å². The molecule has 218 valence electrons. The Kier molecular flexibility index (Phi) is 7.49. The van der Waals surface area contributed by atoms with Gasteiger partial charge >= 0.3 is 10.1 Å². The molecule has 0 spiro atoms. The lowest BCUT2D eigenvalue weighted by Crippen LogP contribution is -2.44. The van der Waals surface area contributed by atoms with Crippen LogP contribution in [-0.2, 0) is 19.7 Å². The Balaban J connectivity index is 1.78. The molecule has 5 rings (SSSR count). The van der Waals surface area contributed by atoms with Gasteiger partial charge in [0.25, 0.3) is 0 Å². The van der Waals surface area contributed by atoms with Gasteiger partial charge in [-0.3, -0.25) is 9.59 Å². The number of benzene rings is 2. The van der Waals surface area contributed by atoms with Crippen LogP contribution in [0.1, 0.15) is 77.3 Å². The predicted octanol–water partition coefficient (Wildman–Crippen LogP) is 7.78. The zero-order valence-corrected chi connectivity index (χ0v) is 26.6. The Labute approximate surface area is 252 Å². The molecule has 0 atom stereocenters. The standard InChI is InChI=1S/C32H35Cl2NO5S/c1-7-35-23-14-31(3,4)16-25(36)28(23)27(29-24(35)15-32(5,6)17-26(29)37)21-12-19(33)13-22(34)30(21)40-41(38,39)20-10-8-18(2)9-11-20/h8-13,27H,7,14-17H2,1-6H3. The highest BCUT2D eigenvalue weighted by Gasteiger charge is 2.49. The van der Waals surface area contributed by atoms with Gasteiger partial charge in [0, 0.05) is 58.4 Å². The molecule has 0 saturated heterocycles. The van der Waals surface area contributed by atoms with Crippen LogP contribution in [0.15, 0.2) is 63.8 Å². The minimum Gasteiger partial charge on any atom is -0.377 e. The third-order valence-corrected chi connectivity index (χ3v) is 9.92. The van der Waals surface area contributed by atoms with E-state index >= 15 is 0 Å². The molecule has 0 N–H and O–H groups in total. The third-order valence-electron chi connectivity index (χ3n) is 8.19. The average molecular weight is 617 g/mol. The number of allylic oxidation sites excluding steroid dienone is 4. The molecule has 2 aromatic rings. The summed E-state index contributed by atoms with van der Waals surface area (Å²) in [5.41, 5.74) is 3.37. The zero-order chi connectivity index (χ0) is 30.1. The van der Waals surface area contributed by atoms with Crippen LogP contribution in [0, 0.1) is 17.8 Å². The van der Waals surface area contributed by atoms with Gasteiger partial charge in [0.15, 0.2) is 17.3 Å². The summed E-state index contributed by atoms with van der Waals surface area (Å²) in [5, 5.41) is 0.233. The van der Waals surface area contributed by atoms with Crippen LogP contribution in [0.4, 0.5) is 0 Å². The topological polar surface area (TPSA) is 80.8 Å². The minimum atomic E-state index is -4.30. The van der Waals surface area contributed by atoms with Crippen molar-refractivity contribution in [2.24, 2.45) is 10.8 Å². The number of ketones is 2. The molecule has 9 heteroatoms. The molecule has 0 fully saturated rings. The van der Waals surface area contributed by atoms with Gasteiger partial charge in [0.05, 0.1) is 5.02 Å². The van der Waals surface area contributed by atoms with Crippen molar-refractivity contribution >= 4 is 44.9 Å². The zero-order valence-electron chi connectivity index (χ0n) is 24.2. The summed E-state index contributed by atoms with van der Waals surface area (Å²) in [6.07, 6.45) is 1.87. The molecule has 0 radical (unpaired) electrons. The maximum Gasteiger partial charge on any atom is 0.339 e. The average Bonchev–Trinajstić information content (AvgIpc) is 2.83. The molecule has 0 saturated carbocycles. The number of Topliss-reactive ketones (excluding diaryl/α,β-unsaturated/α-hetero) is 2. The van der Waals surface area contributed by atoms with E-state index in [9.17, 15) is 18.0 Å². The molecule has 6 nitrogen and oxygen atoms in total. The fourth-order valence-corrected chi connectivity index (χ4v) is 8.05. The lowest BCUT2D eigenvalue weighted by molar-refractivity contribution is -0.119. The largest absolute Gasteiger partial charge is 0.377 e. The maximum absolute atomic E-state index is 14.0.